The average molecular weight is 326 g/mol. The number of carbonyl (C=O) groups excluding carboxylic acids is 1. The molecule has 1 rings (SSSR count). The van der Waals surface area contributed by atoms with Crippen molar-refractivity contribution in [2.24, 2.45) is 0 Å². The van der Waals surface area contributed by atoms with E-state index in [1.807, 2.05) is 13.8 Å². The molecule has 0 atom stereocenters. The van der Waals surface area contributed by atoms with Crippen LogP contribution in [0.1, 0.15) is 46.5 Å². The van der Waals surface area contributed by atoms with E-state index in [-0.39, 0.29) is 16.8 Å². The molecule has 0 saturated heterocycles. The molecule has 1 N–H and O–H groups in total. The molecule has 0 radical (unpaired) electrons. The summed E-state index contributed by atoms with van der Waals surface area (Å²) in [6, 6.07) is 6.19. The van der Waals surface area contributed by atoms with Gasteiger partial charge in [-0.15, -0.1) is 0 Å². The highest BCUT2D eigenvalue weighted by atomic mass is 32.2. The number of benzene rings is 1. The van der Waals surface area contributed by atoms with Gasteiger partial charge in [0.15, 0.2) is 0 Å². The molecule has 0 aliphatic heterocycles. The highest BCUT2D eigenvalue weighted by Gasteiger charge is 2.22. The van der Waals surface area contributed by atoms with Crippen LogP contribution in [-0.4, -0.2) is 31.7 Å². The van der Waals surface area contributed by atoms with Gasteiger partial charge in [-0.1, -0.05) is 19.8 Å². The summed E-state index contributed by atoms with van der Waals surface area (Å²) in [6.45, 7) is 5.73. The van der Waals surface area contributed by atoms with Crippen molar-refractivity contribution in [3.05, 3.63) is 24.3 Å². The normalized spacial score (nSPS) is 11.9. The van der Waals surface area contributed by atoms with Crippen LogP contribution >= 0.6 is 0 Å². The molecule has 22 heavy (non-hydrogen) atoms. The molecule has 0 unspecified atom stereocenters. The number of sulfonamides is 1. The number of rotatable bonds is 8. The summed E-state index contributed by atoms with van der Waals surface area (Å²) < 4.78 is 26.0. The van der Waals surface area contributed by atoms with Gasteiger partial charge < -0.3 is 5.32 Å². The Balaban J connectivity index is 2.73. The Bertz CT molecular complexity index is 580. The molecule has 6 heteroatoms. The van der Waals surface area contributed by atoms with Crippen molar-refractivity contribution in [1.29, 1.82) is 0 Å². The molecule has 5 nitrogen and oxygen atoms in total. The second kappa shape index (κ2) is 8.29. The topological polar surface area (TPSA) is 66.5 Å². The number of unbranched alkanes of at least 4 members (excludes halogenated alkanes) is 2. The minimum absolute atomic E-state index is 0.0386. The maximum atomic E-state index is 12.3. The lowest BCUT2D eigenvalue weighted by molar-refractivity contribution is -0.116. The van der Waals surface area contributed by atoms with Crippen LogP contribution < -0.4 is 5.32 Å². The molecule has 0 bridgehead atoms. The van der Waals surface area contributed by atoms with Crippen LogP contribution in [0.2, 0.25) is 0 Å². The molecule has 0 aliphatic rings. The Labute approximate surface area is 133 Å². The van der Waals surface area contributed by atoms with E-state index in [1.54, 1.807) is 19.2 Å². The molecule has 0 fully saturated rings. The van der Waals surface area contributed by atoms with E-state index >= 15 is 0 Å². The SMILES string of the molecule is CCCCCC(=O)Nc1ccc(S(=O)(=O)N(C)C(C)C)cc1. The van der Waals surface area contributed by atoms with Crippen molar-refractivity contribution in [2.45, 2.75) is 57.4 Å². The Morgan fingerprint density at radius 1 is 1.18 bits per heavy atom. The average Bonchev–Trinajstić information content (AvgIpc) is 2.47. The Hall–Kier alpha value is -1.40. The summed E-state index contributed by atoms with van der Waals surface area (Å²) >= 11 is 0. The molecule has 1 aromatic carbocycles. The number of hydrogen-bond acceptors (Lipinski definition) is 3. The molecule has 1 amide bonds. The number of amides is 1. The van der Waals surface area contributed by atoms with Crippen LogP contribution in [0.3, 0.4) is 0 Å². The fraction of sp³-hybridized carbons (Fsp3) is 0.562. The van der Waals surface area contributed by atoms with Gasteiger partial charge in [-0.2, -0.15) is 4.31 Å². The predicted octanol–water partition coefficient (Wildman–Crippen LogP) is 3.23. The zero-order chi connectivity index (χ0) is 16.8. The summed E-state index contributed by atoms with van der Waals surface area (Å²) in [6.07, 6.45) is 3.47. The fourth-order valence-corrected chi connectivity index (χ4v) is 3.28. The summed E-state index contributed by atoms with van der Waals surface area (Å²) in [4.78, 5) is 12.0. The van der Waals surface area contributed by atoms with Crippen molar-refractivity contribution in [3.63, 3.8) is 0 Å². The Kier molecular flexibility index (Phi) is 7.03. The molecular weight excluding hydrogens is 300 g/mol. The van der Waals surface area contributed by atoms with E-state index in [0.29, 0.717) is 12.1 Å². The van der Waals surface area contributed by atoms with Gasteiger partial charge >= 0.3 is 0 Å². The number of carbonyl (C=O) groups is 1. The maximum Gasteiger partial charge on any atom is 0.243 e. The van der Waals surface area contributed by atoms with Crippen LogP contribution in [0.15, 0.2) is 29.2 Å². The summed E-state index contributed by atoms with van der Waals surface area (Å²) in [7, 11) is -1.92. The van der Waals surface area contributed by atoms with Crippen molar-refractivity contribution in [3.8, 4) is 0 Å². The molecule has 0 aromatic heterocycles. The quantitative estimate of drug-likeness (QED) is 0.746. The van der Waals surface area contributed by atoms with Gasteiger partial charge in [-0.3, -0.25) is 4.79 Å². The van der Waals surface area contributed by atoms with Gasteiger partial charge in [-0.05, 0) is 44.5 Å². The highest BCUT2D eigenvalue weighted by molar-refractivity contribution is 7.89. The first-order chi connectivity index (χ1) is 10.3. The molecule has 1 aromatic rings. The second-order valence-corrected chi connectivity index (χ2v) is 7.64. The van der Waals surface area contributed by atoms with Gasteiger partial charge in [0, 0.05) is 25.2 Å². The monoisotopic (exact) mass is 326 g/mol. The number of hydrogen-bond donors (Lipinski definition) is 1. The minimum atomic E-state index is -3.48. The van der Waals surface area contributed by atoms with Crippen LogP contribution in [0.25, 0.3) is 0 Å². The van der Waals surface area contributed by atoms with E-state index in [1.165, 1.54) is 16.4 Å². The lowest BCUT2D eigenvalue weighted by Crippen LogP contribution is -2.33. The first-order valence-corrected chi connectivity index (χ1v) is 9.11. The zero-order valence-electron chi connectivity index (χ0n) is 13.8. The lowest BCUT2D eigenvalue weighted by atomic mass is 10.2. The third-order valence-electron chi connectivity index (χ3n) is 3.55. The van der Waals surface area contributed by atoms with Gasteiger partial charge in [0.1, 0.15) is 0 Å². The van der Waals surface area contributed by atoms with Gasteiger partial charge in [0.05, 0.1) is 4.90 Å². The van der Waals surface area contributed by atoms with Crippen molar-refractivity contribution in [2.75, 3.05) is 12.4 Å². The third kappa shape index (κ3) is 5.10. The molecule has 0 heterocycles. The number of nitrogens with zero attached hydrogens (tertiary/aromatic N) is 1. The zero-order valence-corrected chi connectivity index (χ0v) is 14.6. The molecular formula is C16H26N2O3S. The minimum Gasteiger partial charge on any atom is -0.326 e. The number of anilines is 1. The van der Waals surface area contributed by atoms with Gasteiger partial charge in [0.2, 0.25) is 15.9 Å². The van der Waals surface area contributed by atoms with Crippen molar-refractivity contribution >= 4 is 21.6 Å². The lowest BCUT2D eigenvalue weighted by Gasteiger charge is -2.21. The highest BCUT2D eigenvalue weighted by Crippen LogP contribution is 2.19. The standard InChI is InChI=1S/C16H26N2O3S/c1-5-6-7-8-16(19)17-14-9-11-15(12-10-14)22(20,21)18(4)13(2)3/h9-13H,5-8H2,1-4H3,(H,17,19). The van der Waals surface area contributed by atoms with E-state index in [0.717, 1.165) is 19.3 Å². The van der Waals surface area contributed by atoms with E-state index in [4.69, 9.17) is 0 Å². The van der Waals surface area contributed by atoms with Gasteiger partial charge in [0.25, 0.3) is 0 Å². The smallest absolute Gasteiger partial charge is 0.243 e. The largest absolute Gasteiger partial charge is 0.326 e. The van der Waals surface area contributed by atoms with E-state index in [9.17, 15) is 13.2 Å². The van der Waals surface area contributed by atoms with E-state index in [2.05, 4.69) is 12.2 Å². The Morgan fingerprint density at radius 3 is 2.27 bits per heavy atom. The summed E-state index contributed by atoms with van der Waals surface area (Å²) in [5.74, 6) is -0.0386. The second-order valence-electron chi connectivity index (χ2n) is 5.64. The van der Waals surface area contributed by atoms with E-state index < -0.39 is 10.0 Å². The van der Waals surface area contributed by atoms with Crippen LogP contribution in [-0.2, 0) is 14.8 Å². The molecule has 0 saturated carbocycles. The van der Waals surface area contributed by atoms with Crippen molar-refractivity contribution in [1.82, 2.24) is 4.31 Å². The maximum absolute atomic E-state index is 12.3. The summed E-state index contributed by atoms with van der Waals surface area (Å²) in [5, 5.41) is 2.78. The molecule has 124 valence electrons. The first kappa shape index (κ1) is 18.6. The fourth-order valence-electron chi connectivity index (χ4n) is 1.91. The number of nitrogens with one attached hydrogen (secondary N) is 1. The van der Waals surface area contributed by atoms with Crippen LogP contribution in [0.4, 0.5) is 5.69 Å². The first-order valence-electron chi connectivity index (χ1n) is 7.67. The van der Waals surface area contributed by atoms with Crippen LogP contribution in [0, 0.1) is 0 Å². The Morgan fingerprint density at radius 2 is 1.77 bits per heavy atom. The van der Waals surface area contributed by atoms with Crippen LogP contribution in [0.5, 0.6) is 0 Å². The predicted molar refractivity (Wildman–Crippen MR) is 89.3 cm³/mol. The summed E-state index contributed by atoms with van der Waals surface area (Å²) in [5.41, 5.74) is 0.618. The molecule has 0 spiro atoms. The van der Waals surface area contributed by atoms with Crippen molar-refractivity contribution < 1.29 is 13.2 Å². The third-order valence-corrected chi connectivity index (χ3v) is 5.60. The van der Waals surface area contributed by atoms with Gasteiger partial charge in [-0.25, -0.2) is 8.42 Å². The molecule has 0 aliphatic carbocycles.